The van der Waals surface area contributed by atoms with E-state index in [2.05, 4.69) is 199 Å². The van der Waals surface area contributed by atoms with Crippen LogP contribution in [0.15, 0.2) is 182 Å². The van der Waals surface area contributed by atoms with Crippen LogP contribution in [0.25, 0.3) is 49.4 Å². The van der Waals surface area contributed by atoms with Gasteiger partial charge in [-0.05, 0) is 99.6 Å². The molecule has 0 aliphatic heterocycles. The quantitative estimate of drug-likeness (QED) is 0.179. The first-order valence-electron chi connectivity index (χ1n) is 18.1. The van der Waals surface area contributed by atoms with Crippen molar-refractivity contribution in [3.8, 4) is 16.8 Å². The van der Waals surface area contributed by atoms with Crippen LogP contribution >= 0.6 is 0 Å². The van der Waals surface area contributed by atoms with Crippen LogP contribution in [0.5, 0.6) is 0 Å². The van der Waals surface area contributed by atoms with E-state index >= 15 is 0 Å². The molecule has 2 aliphatic rings. The molecule has 1 heterocycles. The second-order valence-electron chi connectivity index (χ2n) is 14.5. The Kier molecular flexibility index (Phi) is 6.69. The average Bonchev–Trinajstić information content (AvgIpc) is 3.63. The van der Waals surface area contributed by atoms with Crippen LogP contribution in [0.3, 0.4) is 0 Å². The third-order valence-electron chi connectivity index (χ3n) is 11.3. The Morgan fingerprint density at radius 1 is 0.608 bits per heavy atom. The van der Waals surface area contributed by atoms with Gasteiger partial charge in [0.15, 0.2) is 0 Å². The predicted molar refractivity (Wildman–Crippen MR) is 215 cm³/mol. The summed E-state index contributed by atoms with van der Waals surface area (Å²) in [7, 11) is 0. The number of aromatic nitrogens is 1. The fourth-order valence-corrected chi connectivity index (χ4v) is 8.76. The number of fused-ring (bicyclic) bond motifs is 7. The molecule has 2 nitrogen and oxygen atoms in total. The highest BCUT2D eigenvalue weighted by molar-refractivity contribution is 6.19. The van der Waals surface area contributed by atoms with Gasteiger partial charge in [0.05, 0.1) is 16.7 Å². The van der Waals surface area contributed by atoms with Crippen molar-refractivity contribution in [1.29, 1.82) is 0 Å². The highest BCUT2D eigenvalue weighted by atomic mass is 15.2. The van der Waals surface area contributed by atoms with Crippen LogP contribution < -0.4 is 4.90 Å². The zero-order valence-corrected chi connectivity index (χ0v) is 28.9. The maximum atomic E-state index is 2.52. The molecule has 51 heavy (non-hydrogen) atoms. The van der Waals surface area contributed by atoms with E-state index in [1.165, 1.54) is 77.5 Å². The summed E-state index contributed by atoms with van der Waals surface area (Å²) in [5, 5.41) is 5.00. The Hall–Kier alpha value is -6.12. The zero-order chi connectivity index (χ0) is 34.1. The summed E-state index contributed by atoms with van der Waals surface area (Å²) < 4.78 is 2.44. The number of allylic oxidation sites excluding steroid dienone is 3. The van der Waals surface area contributed by atoms with Crippen molar-refractivity contribution in [3.05, 3.63) is 198 Å². The third kappa shape index (κ3) is 4.63. The molecule has 0 fully saturated rings. The molecule has 2 heteroatoms. The lowest BCUT2D eigenvalue weighted by Gasteiger charge is -2.31. The number of para-hydroxylation sites is 1. The molecule has 0 saturated carbocycles. The molecule has 8 aromatic rings. The average molecular weight is 655 g/mol. The monoisotopic (exact) mass is 654 g/mol. The predicted octanol–water partition coefficient (Wildman–Crippen LogP) is 13.0. The summed E-state index contributed by atoms with van der Waals surface area (Å²) in [6.07, 6.45) is 8.13. The van der Waals surface area contributed by atoms with E-state index in [9.17, 15) is 0 Å². The Morgan fingerprint density at radius 3 is 2.10 bits per heavy atom. The van der Waals surface area contributed by atoms with Crippen molar-refractivity contribution in [1.82, 2.24) is 4.57 Å². The fraction of sp³-hybridized carbons (Fsp3) is 0.102. The van der Waals surface area contributed by atoms with Crippen molar-refractivity contribution in [2.24, 2.45) is 0 Å². The lowest BCUT2D eigenvalue weighted by atomic mass is 9.82. The van der Waals surface area contributed by atoms with E-state index in [4.69, 9.17) is 0 Å². The minimum absolute atomic E-state index is 0.100. The van der Waals surface area contributed by atoms with Gasteiger partial charge in [0, 0.05) is 39.2 Å². The van der Waals surface area contributed by atoms with Gasteiger partial charge in [-0.3, -0.25) is 0 Å². The van der Waals surface area contributed by atoms with Gasteiger partial charge in [0.1, 0.15) is 0 Å². The largest absolute Gasteiger partial charge is 0.310 e. The second-order valence-corrected chi connectivity index (χ2v) is 14.5. The molecule has 0 saturated heterocycles. The first-order chi connectivity index (χ1) is 25.1. The highest BCUT2D eigenvalue weighted by Gasteiger charge is 2.36. The Labute approximate surface area is 299 Å². The standard InChI is InChI=1S/C49H38N2/c1-49(2)43-21-12-11-20-40(43)41-29-28-39(32-44(41)49)50(38-26-24-34(25-27-38)33-14-5-3-6-15-33)45-22-13-23-46-48(45)42-30-35-16-9-10-17-36(35)31-47(42)51(46)37-18-7-4-8-19-37/h3-24,26-32,34H,25H2,1-2H3. The molecule has 10 rings (SSSR count). The lowest BCUT2D eigenvalue weighted by molar-refractivity contribution is 0.660. The maximum absolute atomic E-state index is 2.52. The number of benzene rings is 7. The molecular formula is C49H38N2. The van der Waals surface area contributed by atoms with Gasteiger partial charge < -0.3 is 9.47 Å². The number of anilines is 2. The summed E-state index contributed by atoms with van der Waals surface area (Å²) >= 11 is 0. The van der Waals surface area contributed by atoms with Gasteiger partial charge in [0.2, 0.25) is 0 Å². The fourth-order valence-electron chi connectivity index (χ4n) is 8.76. The van der Waals surface area contributed by atoms with Gasteiger partial charge in [-0.25, -0.2) is 0 Å². The number of hydrogen-bond acceptors (Lipinski definition) is 1. The summed E-state index contributed by atoms with van der Waals surface area (Å²) in [5.41, 5.74) is 13.8. The van der Waals surface area contributed by atoms with Crippen molar-refractivity contribution >= 4 is 44.0 Å². The van der Waals surface area contributed by atoms with E-state index in [-0.39, 0.29) is 5.41 Å². The Balaban J connectivity index is 1.23. The summed E-state index contributed by atoms with van der Waals surface area (Å²) in [6.45, 7) is 4.74. The van der Waals surface area contributed by atoms with E-state index in [1.54, 1.807) is 0 Å². The van der Waals surface area contributed by atoms with Crippen molar-refractivity contribution in [3.63, 3.8) is 0 Å². The first-order valence-corrected chi connectivity index (χ1v) is 18.1. The molecule has 0 bridgehead atoms. The van der Waals surface area contributed by atoms with Crippen molar-refractivity contribution in [2.75, 3.05) is 4.90 Å². The number of nitrogens with zero attached hydrogens (tertiary/aromatic N) is 2. The van der Waals surface area contributed by atoms with Gasteiger partial charge in [-0.1, -0.05) is 135 Å². The second kappa shape index (κ2) is 11.5. The molecular weight excluding hydrogens is 617 g/mol. The minimum atomic E-state index is -0.100. The minimum Gasteiger partial charge on any atom is -0.310 e. The summed E-state index contributed by atoms with van der Waals surface area (Å²) in [6, 6.07) is 58.1. The van der Waals surface area contributed by atoms with Crippen LogP contribution in [0.4, 0.5) is 11.4 Å². The molecule has 7 aromatic carbocycles. The number of hydrogen-bond donors (Lipinski definition) is 0. The van der Waals surface area contributed by atoms with Gasteiger partial charge >= 0.3 is 0 Å². The van der Waals surface area contributed by atoms with Crippen LogP contribution in [0.1, 0.15) is 42.9 Å². The SMILES string of the molecule is CC1(C)c2ccccc2-c2ccc(N(C3=CCC(c4ccccc4)C=C3)c3cccc4c3c3cc5ccccc5cc3n4-c3ccccc3)cc21. The van der Waals surface area contributed by atoms with Crippen LogP contribution in [0, 0.1) is 0 Å². The normalized spacial score (nSPS) is 16.0. The summed E-state index contributed by atoms with van der Waals surface area (Å²) in [4.78, 5) is 2.52. The molecule has 0 spiro atoms. The third-order valence-corrected chi connectivity index (χ3v) is 11.3. The van der Waals surface area contributed by atoms with Crippen LogP contribution in [-0.4, -0.2) is 4.57 Å². The lowest BCUT2D eigenvalue weighted by Crippen LogP contribution is -2.19. The highest BCUT2D eigenvalue weighted by Crippen LogP contribution is 2.51. The Bertz CT molecular complexity index is 2690. The van der Waals surface area contributed by atoms with Gasteiger partial charge in [0.25, 0.3) is 0 Å². The molecule has 2 aliphatic carbocycles. The maximum Gasteiger partial charge on any atom is 0.0562 e. The van der Waals surface area contributed by atoms with Crippen molar-refractivity contribution in [2.45, 2.75) is 31.6 Å². The topological polar surface area (TPSA) is 8.17 Å². The Morgan fingerprint density at radius 2 is 1.31 bits per heavy atom. The molecule has 1 atom stereocenters. The van der Waals surface area contributed by atoms with E-state index < -0.39 is 0 Å². The number of rotatable bonds is 5. The zero-order valence-electron chi connectivity index (χ0n) is 28.9. The van der Waals surface area contributed by atoms with Gasteiger partial charge in [-0.15, -0.1) is 0 Å². The summed E-state index contributed by atoms with van der Waals surface area (Å²) in [5.74, 6) is 0.354. The molecule has 1 aromatic heterocycles. The molecule has 0 radical (unpaired) electrons. The van der Waals surface area contributed by atoms with Crippen LogP contribution in [0.2, 0.25) is 0 Å². The van der Waals surface area contributed by atoms with Crippen LogP contribution in [-0.2, 0) is 5.41 Å². The smallest absolute Gasteiger partial charge is 0.0562 e. The van der Waals surface area contributed by atoms with E-state index in [1.807, 2.05) is 0 Å². The van der Waals surface area contributed by atoms with E-state index in [0.29, 0.717) is 5.92 Å². The molecule has 244 valence electrons. The molecule has 0 N–H and O–H groups in total. The first kappa shape index (κ1) is 29.8. The molecule has 0 amide bonds. The van der Waals surface area contributed by atoms with Crippen molar-refractivity contribution < 1.29 is 0 Å². The molecule has 1 unspecified atom stereocenters. The van der Waals surface area contributed by atoms with Gasteiger partial charge in [-0.2, -0.15) is 0 Å². The van der Waals surface area contributed by atoms with E-state index in [0.717, 1.165) is 12.1 Å².